The zero-order chi connectivity index (χ0) is 10.7. The molecule has 1 aromatic heterocycles. The van der Waals surface area contributed by atoms with Crippen molar-refractivity contribution in [1.82, 2.24) is 4.98 Å². The third-order valence-electron chi connectivity index (χ3n) is 2.26. The van der Waals surface area contributed by atoms with Gasteiger partial charge in [-0.15, -0.1) is 24.8 Å². The van der Waals surface area contributed by atoms with Crippen LogP contribution in [-0.4, -0.2) is 30.6 Å². The Bertz CT molecular complexity index is 376. The van der Waals surface area contributed by atoms with E-state index in [0.717, 1.165) is 5.69 Å². The van der Waals surface area contributed by atoms with E-state index >= 15 is 0 Å². The molecule has 5 nitrogen and oxygen atoms in total. The van der Waals surface area contributed by atoms with Crippen molar-refractivity contribution in [3.8, 4) is 0 Å². The molecule has 1 aliphatic heterocycles. The van der Waals surface area contributed by atoms with Gasteiger partial charge in [0.25, 0.3) is 5.91 Å². The number of carbonyl (C=O) groups excluding carboxylic acids is 1. The molecule has 0 radical (unpaired) electrons. The van der Waals surface area contributed by atoms with Crippen LogP contribution < -0.4 is 10.6 Å². The molecule has 1 aliphatic rings. The Morgan fingerprint density at radius 1 is 1.41 bits per heavy atom. The van der Waals surface area contributed by atoms with Gasteiger partial charge in [-0.1, -0.05) is 6.07 Å². The number of pyridine rings is 1. The molecule has 96 valence electrons. The van der Waals surface area contributed by atoms with Crippen LogP contribution in [0.3, 0.4) is 0 Å². The minimum Gasteiger partial charge on any atom is -0.370 e. The fraction of sp³-hybridized carbons (Fsp3) is 0.400. The molecule has 2 N–H and O–H groups in total. The lowest BCUT2D eigenvalue weighted by molar-refractivity contribution is -0.125. The van der Waals surface area contributed by atoms with Gasteiger partial charge in [0.2, 0.25) is 0 Å². The molecule has 0 aliphatic carbocycles. The molecule has 0 aromatic carbocycles. The monoisotopic (exact) mass is 279 g/mol. The molecule has 0 spiro atoms. The predicted octanol–water partition coefficient (Wildman–Crippen LogP) is 0.747. The third-order valence-corrected chi connectivity index (χ3v) is 2.26. The second-order valence-electron chi connectivity index (χ2n) is 3.29. The van der Waals surface area contributed by atoms with Crippen LogP contribution >= 0.6 is 24.8 Å². The Balaban J connectivity index is 0.00000128. The number of morpholine rings is 1. The van der Waals surface area contributed by atoms with Crippen molar-refractivity contribution < 1.29 is 9.53 Å². The summed E-state index contributed by atoms with van der Waals surface area (Å²) in [7, 11) is 0. The average molecular weight is 280 g/mol. The van der Waals surface area contributed by atoms with Crippen LogP contribution in [0.1, 0.15) is 5.69 Å². The van der Waals surface area contributed by atoms with Crippen LogP contribution in [0.15, 0.2) is 18.2 Å². The zero-order valence-electron chi connectivity index (χ0n) is 9.17. The lowest BCUT2D eigenvalue weighted by Crippen LogP contribution is -2.42. The summed E-state index contributed by atoms with van der Waals surface area (Å²) < 4.78 is 5.05. The number of rotatable bonds is 2. The van der Waals surface area contributed by atoms with Gasteiger partial charge in [-0.2, -0.15) is 0 Å². The van der Waals surface area contributed by atoms with Crippen molar-refractivity contribution in [3.63, 3.8) is 0 Å². The van der Waals surface area contributed by atoms with Gasteiger partial charge >= 0.3 is 0 Å². The number of aromatic nitrogens is 1. The van der Waals surface area contributed by atoms with Crippen LogP contribution in [0.2, 0.25) is 0 Å². The Hall–Kier alpha value is -0.880. The second-order valence-corrected chi connectivity index (χ2v) is 3.29. The van der Waals surface area contributed by atoms with Gasteiger partial charge in [-0.05, 0) is 12.1 Å². The molecule has 2 heterocycles. The summed E-state index contributed by atoms with van der Waals surface area (Å²) >= 11 is 0. The van der Waals surface area contributed by atoms with E-state index in [1.54, 1.807) is 4.90 Å². The van der Waals surface area contributed by atoms with E-state index in [9.17, 15) is 4.79 Å². The van der Waals surface area contributed by atoms with Gasteiger partial charge in [-0.25, -0.2) is 4.98 Å². The number of carbonyl (C=O) groups is 1. The number of anilines is 1. The fourth-order valence-electron chi connectivity index (χ4n) is 1.49. The number of nitrogens with zero attached hydrogens (tertiary/aromatic N) is 2. The molecular weight excluding hydrogens is 265 g/mol. The van der Waals surface area contributed by atoms with Gasteiger partial charge in [-0.3, -0.25) is 9.69 Å². The summed E-state index contributed by atoms with van der Waals surface area (Å²) in [4.78, 5) is 17.4. The Morgan fingerprint density at radius 3 is 2.82 bits per heavy atom. The van der Waals surface area contributed by atoms with Crippen molar-refractivity contribution in [3.05, 3.63) is 23.9 Å². The standard InChI is InChI=1S/C10H13N3O2.2ClH/c11-6-8-2-1-3-9(12-8)13-4-5-15-7-10(13)14;;/h1-3H,4-7,11H2;2*1H. The third kappa shape index (κ3) is 3.81. The average Bonchev–Trinajstić information content (AvgIpc) is 2.30. The quantitative estimate of drug-likeness (QED) is 0.868. The molecule has 1 amide bonds. The molecular formula is C10H15Cl2N3O2. The summed E-state index contributed by atoms with van der Waals surface area (Å²) in [6.45, 7) is 1.63. The number of nitrogens with two attached hydrogens (primary N) is 1. The number of ether oxygens (including phenoxy) is 1. The molecule has 17 heavy (non-hydrogen) atoms. The molecule has 1 aromatic rings. The van der Waals surface area contributed by atoms with Gasteiger partial charge in [0.05, 0.1) is 18.8 Å². The first-order valence-electron chi connectivity index (χ1n) is 4.85. The summed E-state index contributed by atoms with van der Waals surface area (Å²) in [6.07, 6.45) is 0. The van der Waals surface area contributed by atoms with Crippen LogP contribution in [0, 0.1) is 0 Å². The van der Waals surface area contributed by atoms with E-state index in [1.807, 2.05) is 18.2 Å². The van der Waals surface area contributed by atoms with Crippen molar-refractivity contribution in [2.75, 3.05) is 24.7 Å². The van der Waals surface area contributed by atoms with E-state index in [4.69, 9.17) is 10.5 Å². The van der Waals surface area contributed by atoms with Crippen LogP contribution in [0.25, 0.3) is 0 Å². The Labute approximate surface area is 112 Å². The second kappa shape index (κ2) is 7.45. The topological polar surface area (TPSA) is 68.4 Å². The van der Waals surface area contributed by atoms with Gasteiger partial charge in [0, 0.05) is 6.54 Å². The van der Waals surface area contributed by atoms with E-state index in [-0.39, 0.29) is 37.3 Å². The number of amides is 1. The molecule has 0 bridgehead atoms. The number of hydrogen-bond donors (Lipinski definition) is 1. The lowest BCUT2D eigenvalue weighted by atomic mass is 10.3. The summed E-state index contributed by atoms with van der Waals surface area (Å²) in [5.41, 5.74) is 6.28. The maximum Gasteiger partial charge on any atom is 0.254 e. The van der Waals surface area contributed by atoms with Gasteiger partial charge < -0.3 is 10.5 Å². The summed E-state index contributed by atoms with van der Waals surface area (Å²) in [6, 6.07) is 5.50. The highest BCUT2D eigenvalue weighted by Gasteiger charge is 2.20. The van der Waals surface area contributed by atoms with Gasteiger partial charge in [0.15, 0.2) is 0 Å². The first-order chi connectivity index (χ1) is 7.31. The fourth-order valence-corrected chi connectivity index (χ4v) is 1.49. The van der Waals surface area contributed by atoms with Gasteiger partial charge in [0.1, 0.15) is 12.4 Å². The van der Waals surface area contributed by atoms with E-state index in [2.05, 4.69) is 4.98 Å². The Morgan fingerprint density at radius 2 is 2.18 bits per heavy atom. The smallest absolute Gasteiger partial charge is 0.254 e. The Kier molecular flexibility index (Phi) is 7.06. The largest absolute Gasteiger partial charge is 0.370 e. The van der Waals surface area contributed by atoms with Crippen molar-refractivity contribution in [1.29, 1.82) is 0 Å². The highest BCUT2D eigenvalue weighted by molar-refractivity contribution is 5.93. The molecule has 0 unspecified atom stereocenters. The number of halogens is 2. The summed E-state index contributed by atoms with van der Waals surface area (Å²) in [5.74, 6) is 0.606. The minimum atomic E-state index is -0.0529. The SMILES string of the molecule is Cl.Cl.NCc1cccc(N2CCOCC2=O)n1. The van der Waals surface area contributed by atoms with Crippen molar-refractivity contribution in [2.45, 2.75) is 6.54 Å². The molecule has 2 rings (SSSR count). The van der Waals surface area contributed by atoms with E-state index in [0.29, 0.717) is 25.5 Å². The van der Waals surface area contributed by atoms with E-state index < -0.39 is 0 Å². The zero-order valence-corrected chi connectivity index (χ0v) is 10.8. The highest BCUT2D eigenvalue weighted by Crippen LogP contribution is 2.13. The van der Waals surface area contributed by atoms with Crippen molar-refractivity contribution >= 4 is 36.5 Å². The highest BCUT2D eigenvalue weighted by atomic mass is 35.5. The molecule has 0 atom stereocenters. The maximum absolute atomic E-state index is 11.5. The molecule has 1 fully saturated rings. The minimum absolute atomic E-state index is 0. The predicted molar refractivity (Wildman–Crippen MR) is 69.8 cm³/mol. The molecule has 7 heteroatoms. The molecule has 0 saturated carbocycles. The lowest BCUT2D eigenvalue weighted by Gasteiger charge is -2.25. The first kappa shape index (κ1) is 16.1. The van der Waals surface area contributed by atoms with Crippen molar-refractivity contribution in [2.24, 2.45) is 5.73 Å². The summed E-state index contributed by atoms with van der Waals surface area (Å²) in [5, 5.41) is 0. The van der Waals surface area contributed by atoms with E-state index in [1.165, 1.54) is 0 Å². The van der Waals surface area contributed by atoms with Crippen LogP contribution in [-0.2, 0) is 16.1 Å². The van der Waals surface area contributed by atoms with Crippen LogP contribution in [0.5, 0.6) is 0 Å². The molecule has 1 saturated heterocycles. The number of hydrogen-bond acceptors (Lipinski definition) is 4. The maximum atomic E-state index is 11.5. The first-order valence-corrected chi connectivity index (χ1v) is 4.85. The van der Waals surface area contributed by atoms with Crippen LogP contribution in [0.4, 0.5) is 5.82 Å². The normalized spacial score (nSPS) is 14.9.